The molecule has 0 unspecified atom stereocenters. The first-order valence-corrected chi connectivity index (χ1v) is 20.8. The summed E-state index contributed by atoms with van der Waals surface area (Å²) in [5.74, 6) is 1.68. The Bertz CT molecular complexity index is 3950. The number of pyridine rings is 1. The van der Waals surface area contributed by atoms with Gasteiger partial charge in [0.05, 0.1) is 30.4 Å². The molecule has 0 fully saturated rings. The summed E-state index contributed by atoms with van der Waals surface area (Å²) in [4.78, 5) is 5.34. The Labute approximate surface area is 400 Å². The van der Waals surface area contributed by atoms with E-state index >= 15 is 0 Å². The van der Waals surface area contributed by atoms with Crippen LogP contribution in [0.3, 0.4) is 0 Å². The van der Waals surface area contributed by atoms with Crippen molar-refractivity contribution in [3.05, 3.63) is 235 Å². The molecule has 0 amide bonds. The molecule has 5 nitrogen and oxygen atoms in total. The number of aromatic nitrogens is 4. The summed E-state index contributed by atoms with van der Waals surface area (Å²) in [5, 5.41) is 2.06. The normalized spacial score (nSPS) is 14.5. The third-order valence-corrected chi connectivity index (χ3v) is 11.7. The Hall–Kier alpha value is -7.33. The number of ether oxygens (including phenoxy) is 1. The van der Waals surface area contributed by atoms with Crippen LogP contribution in [0, 0.1) is 18.5 Å². The molecular formula is C58H40N4OPt-2. The van der Waals surface area contributed by atoms with E-state index in [0.29, 0.717) is 28.2 Å². The fraction of sp³-hybridized carbons (Fsp3) is 0.0690. The maximum Gasteiger partial charge on any atom is 0.268 e. The quantitative estimate of drug-likeness (QED) is 0.118. The van der Waals surface area contributed by atoms with E-state index in [4.69, 9.17) is 23.4 Å². The minimum absolute atomic E-state index is 0. The monoisotopic (exact) mass is 1010 g/mol. The van der Waals surface area contributed by atoms with Crippen LogP contribution >= 0.6 is 0 Å². The summed E-state index contributed by atoms with van der Waals surface area (Å²) >= 11 is 0. The molecule has 5 heterocycles. The molecular weight excluding hydrogens is 964 g/mol. The van der Waals surface area contributed by atoms with Gasteiger partial charge in [0.1, 0.15) is 5.82 Å². The molecule has 0 N–H and O–H groups in total. The van der Waals surface area contributed by atoms with Crippen LogP contribution in [0.15, 0.2) is 194 Å². The summed E-state index contributed by atoms with van der Waals surface area (Å²) < 4.78 is 99.3. The van der Waals surface area contributed by atoms with Crippen LogP contribution < -0.4 is 9.30 Å². The Balaban J connectivity index is 0.00000588. The fourth-order valence-corrected chi connectivity index (χ4v) is 8.73. The van der Waals surface area contributed by atoms with Crippen molar-refractivity contribution in [1.29, 1.82) is 0 Å². The summed E-state index contributed by atoms with van der Waals surface area (Å²) in [6.07, 6.45) is 6.77. The molecule has 6 heteroatoms. The van der Waals surface area contributed by atoms with E-state index in [-0.39, 0.29) is 49.0 Å². The van der Waals surface area contributed by atoms with Gasteiger partial charge in [-0.1, -0.05) is 157 Å². The molecule has 0 spiro atoms. The van der Waals surface area contributed by atoms with E-state index in [9.17, 15) is 0 Å². The van der Waals surface area contributed by atoms with E-state index in [1.54, 1.807) is 33.4 Å². The second kappa shape index (κ2) is 16.7. The Morgan fingerprint density at radius 1 is 0.562 bits per heavy atom. The van der Waals surface area contributed by atoms with Gasteiger partial charge in [0.15, 0.2) is 0 Å². The Morgan fingerprint density at radius 3 is 1.97 bits per heavy atom. The van der Waals surface area contributed by atoms with E-state index in [0.717, 1.165) is 64.6 Å². The van der Waals surface area contributed by atoms with Crippen LogP contribution in [0.5, 0.6) is 11.5 Å². The first-order valence-electron chi connectivity index (χ1n) is 25.8. The maximum absolute atomic E-state index is 9.03. The molecule has 11 aromatic rings. The van der Waals surface area contributed by atoms with Gasteiger partial charge in [0, 0.05) is 43.8 Å². The van der Waals surface area contributed by atoms with Gasteiger partial charge in [-0.25, -0.2) is 4.98 Å². The van der Waals surface area contributed by atoms with Crippen LogP contribution in [0.4, 0.5) is 0 Å². The van der Waals surface area contributed by atoms with E-state index < -0.39 is 60.4 Å². The number of hydrogen-bond acceptors (Lipinski definition) is 2. The molecule has 8 aromatic carbocycles. The van der Waals surface area contributed by atoms with Gasteiger partial charge in [-0.05, 0) is 87.8 Å². The minimum atomic E-state index is -0.570. The van der Waals surface area contributed by atoms with Crippen LogP contribution in [0.2, 0.25) is 0 Å². The molecule has 0 saturated carbocycles. The average Bonchev–Trinajstić information content (AvgIpc) is 3.95. The summed E-state index contributed by atoms with van der Waals surface area (Å²) in [5.41, 5.74) is 8.36. The van der Waals surface area contributed by atoms with Gasteiger partial charge in [0.25, 0.3) is 6.33 Å². The molecule has 2 aliphatic heterocycles. The van der Waals surface area contributed by atoms with Crippen LogP contribution in [-0.4, -0.2) is 14.1 Å². The van der Waals surface area contributed by atoms with Crippen molar-refractivity contribution in [2.45, 2.75) is 25.7 Å². The number of rotatable bonds is 7. The molecule has 4 aliphatic rings. The SMILES string of the molecule is [2H]c1c([2H])c([2H])c(-c2cccc(-c3c([2H])c([2H])c([2H])c([2H])c3[2H])c2-[n+]2[c-]n(-c3[c-]c(Oc4[c-]c5c(cc4)c4ccccc4n5-c4nc5ccc4CCc4ccc(cc4)CC5)ccc3)c3ccccc32)c([2H])c1[2H].[Pt]. The zero-order valence-electron chi connectivity index (χ0n) is 44.0. The molecule has 310 valence electrons. The molecule has 3 aromatic heterocycles. The first kappa shape index (κ1) is 29.9. The summed E-state index contributed by atoms with van der Waals surface area (Å²) in [6.45, 7) is 0. The molecule has 15 rings (SSSR count). The second-order valence-electron chi connectivity index (χ2n) is 15.5. The number of nitrogens with zero attached hydrogens (tertiary/aromatic N) is 4. The van der Waals surface area contributed by atoms with Gasteiger partial charge < -0.3 is 13.9 Å². The minimum Gasteiger partial charge on any atom is -0.510 e. The third kappa shape index (κ3) is 7.12. The smallest absolute Gasteiger partial charge is 0.268 e. The summed E-state index contributed by atoms with van der Waals surface area (Å²) in [6, 6.07) is 44.8. The average molecular weight is 1010 g/mol. The van der Waals surface area contributed by atoms with Gasteiger partial charge in [-0.2, -0.15) is 18.2 Å². The number of hydrogen-bond donors (Lipinski definition) is 0. The van der Waals surface area contributed by atoms with Crippen molar-refractivity contribution in [2.24, 2.45) is 0 Å². The molecule has 0 radical (unpaired) electrons. The van der Waals surface area contributed by atoms with Gasteiger partial charge >= 0.3 is 0 Å². The molecule has 64 heavy (non-hydrogen) atoms. The predicted octanol–water partition coefficient (Wildman–Crippen LogP) is 12.8. The predicted molar refractivity (Wildman–Crippen MR) is 252 cm³/mol. The third-order valence-electron chi connectivity index (χ3n) is 11.7. The topological polar surface area (TPSA) is 35.9 Å². The van der Waals surface area contributed by atoms with Crippen LogP contribution in [0.1, 0.15) is 36.1 Å². The van der Waals surface area contributed by atoms with Gasteiger partial charge in [-0.15, -0.1) is 29.7 Å². The molecule has 4 bridgehead atoms. The van der Waals surface area contributed by atoms with Crippen molar-refractivity contribution in [3.63, 3.8) is 0 Å². The van der Waals surface area contributed by atoms with Crippen LogP contribution in [0.25, 0.3) is 72.3 Å². The van der Waals surface area contributed by atoms with Crippen molar-refractivity contribution in [2.75, 3.05) is 0 Å². The second-order valence-corrected chi connectivity index (χ2v) is 15.5. The Morgan fingerprint density at radius 2 is 1.22 bits per heavy atom. The Kier molecular flexibility index (Phi) is 7.82. The van der Waals surface area contributed by atoms with E-state index in [2.05, 4.69) is 71.6 Å². The van der Waals surface area contributed by atoms with E-state index in [1.807, 2.05) is 60.7 Å². The number of benzene rings is 8. The fourth-order valence-electron chi connectivity index (χ4n) is 8.73. The van der Waals surface area contributed by atoms with Crippen molar-refractivity contribution < 1.29 is 44.1 Å². The zero-order chi connectivity index (χ0) is 50.4. The summed E-state index contributed by atoms with van der Waals surface area (Å²) in [7, 11) is 0. The molecule has 2 aliphatic carbocycles. The number of para-hydroxylation sites is 4. The largest absolute Gasteiger partial charge is 0.510 e. The maximum atomic E-state index is 9.03. The van der Waals surface area contributed by atoms with Crippen molar-refractivity contribution >= 4 is 32.8 Å². The standard InChI is InChI=1S/C58H40N4O.Pt/c1-3-13-42(14-4-1)49-20-12-21-50(43-15-5-2-6-16-43)57(49)61-39-60(54-23-9-10-24-55(54)61)46-17-11-18-47(37-46)63-48-35-36-52-51-19-7-8-22-53(51)62(56(52)38-48)58-44-31-29-40-25-27-41(28-26-40)30-33-45(59-58)34-32-44;/h1-28,32,34-36H,29-31,33H2;/q-2;/i1D,2D,3D,4D,5D,6D,13D,14D,15D,16D;. The molecule has 0 saturated heterocycles. The van der Waals surface area contributed by atoms with Gasteiger partial charge in [0.2, 0.25) is 0 Å². The van der Waals surface area contributed by atoms with Gasteiger partial charge in [-0.3, -0.25) is 4.57 Å². The zero-order valence-corrected chi connectivity index (χ0v) is 36.3. The molecule has 0 atom stereocenters. The number of aryl methyl sites for hydroxylation is 4. The van der Waals surface area contributed by atoms with Crippen molar-refractivity contribution in [1.82, 2.24) is 14.1 Å². The number of imidazole rings is 1. The van der Waals surface area contributed by atoms with E-state index in [1.165, 1.54) is 11.1 Å². The first-order chi connectivity index (χ1) is 35.4. The van der Waals surface area contributed by atoms with Crippen molar-refractivity contribution in [3.8, 4) is 50.9 Å². The van der Waals surface area contributed by atoms with Crippen LogP contribution in [-0.2, 0) is 46.7 Å². The number of fused-ring (bicyclic) bond motifs is 4.